The normalized spacial score (nSPS) is 14.4. The Morgan fingerprint density at radius 1 is 0.931 bits per heavy atom. The average Bonchev–Trinajstić information content (AvgIpc) is 2.75. The van der Waals surface area contributed by atoms with Crippen LogP contribution >= 0.6 is 11.6 Å². The smallest absolute Gasteiger partial charge is 0.321 e. The molecule has 1 aliphatic rings. The largest absolute Gasteiger partial charge is 0.493 e. The molecule has 8 heteroatoms. The van der Waals surface area contributed by atoms with Crippen LogP contribution in [-0.2, 0) is 6.54 Å². The molecule has 1 saturated heterocycles. The van der Waals surface area contributed by atoms with E-state index in [1.54, 1.807) is 45.6 Å². The maximum Gasteiger partial charge on any atom is 0.321 e. The number of halogens is 1. The van der Waals surface area contributed by atoms with Gasteiger partial charge >= 0.3 is 6.03 Å². The van der Waals surface area contributed by atoms with E-state index in [0.29, 0.717) is 41.9 Å². The summed E-state index contributed by atoms with van der Waals surface area (Å²) in [5.74, 6) is 1.90. The highest BCUT2D eigenvalue weighted by Crippen LogP contribution is 2.40. The molecule has 2 amide bonds. The van der Waals surface area contributed by atoms with Crippen molar-refractivity contribution in [2.45, 2.75) is 6.54 Å². The molecule has 0 aromatic heterocycles. The van der Waals surface area contributed by atoms with E-state index in [2.05, 4.69) is 10.2 Å². The first-order valence-electron chi connectivity index (χ1n) is 9.37. The van der Waals surface area contributed by atoms with Gasteiger partial charge in [-0.3, -0.25) is 4.90 Å². The summed E-state index contributed by atoms with van der Waals surface area (Å²) in [5, 5.41) is 3.55. The molecule has 2 aromatic rings. The van der Waals surface area contributed by atoms with Crippen LogP contribution in [0.15, 0.2) is 36.4 Å². The molecule has 0 atom stereocenters. The lowest BCUT2D eigenvalue weighted by Crippen LogP contribution is -2.49. The molecule has 156 valence electrons. The van der Waals surface area contributed by atoms with Crippen molar-refractivity contribution in [2.75, 3.05) is 52.8 Å². The molecule has 0 spiro atoms. The van der Waals surface area contributed by atoms with Gasteiger partial charge in [0.05, 0.1) is 21.3 Å². The molecule has 3 rings (SSSR count). The molecule has 1 heterocycles. The van der Waals surface area contributed by atoms with Crippen molar-refractivity contribution in [2.24, 2.45) is 0 Å². The summed E-state index contributed by atoms with van der Waals surface area (Å²) >= 11 is 5.88. The van der Waals surface area contributed by atoms with Crippen molar-refractivity contribution < 1.29 is 19.0 Å². The molecular formula is C21H26ClN3O4. The van der Waals surface area contributed by atoms with Gasteiger partial charge < -0.3 is 24.4 Å². The lowest BCUT2D eigenvalue weighted by atomic mass is 10.1. The van der Waals surface area contributed by atoms with E-state index in [-0.39, 0.29) is 6.03 Å². The van der Waals surface area contributed by atoms with Crippen LogP contribution in [0.2, 0.25) is 5.02 Å². The summed E-state index contributed by atoms with van der Waals surface area (Å²) < 4.78 is 16.4. The first kappa shape index (κ1) is 21.1. The standard InChI is InChI=1S/C21H26ClN3O4/c1-27-18-9-4-15(19(28-2)20(18)29-3)14-24-10-12-25(13-11-24)21(26)23-17-7-5-16(22)6-8-17/h4-9H,10-14H2,1-3H3,(H,23,26). The predicted molar refractivity (Wildman–Crippen MR) is 113 cm³/mol. The van der Waals surface area contributed by atoms with Crippen LogP contribution in [-0.4, -0.2) is 63.3 Å². The summed E-state index contributed by atoms with van der Waals surface area (Å²) in [6, 6.07) is 10.9. The fourth-order valence-corrected chi connectivity index (χ4v) is 3.50. The molecule has 1 fully saturated rings. The van der Waals surface area contributed by atoms with E-state index in [1.165, 1.54) is 0 Å². The van der Waals surface area contributed by atoms with Crippen LogP contribution < -0.4 is 19.5 Å². The minimum absolute atomic E-state index is 0.101. The van der Waals surface area contributed by atoms with Crippen LogP contribution in [0.4, 0.5) is 10.5 Å². The van der Waals surface area contributed by atoms with Crippen LogP contribution in [0.25, 0.3) is 0 Å². The van der Waals surface area contributed by atoms with Crippen molar-refractivity contribution in [1.82, 2.24) is 9.80 Å². The molecule has 29 heavy (non-hydrogen) atoms. The Balaban J connectivity index is 1.58. The Hall–Kier alpha value is -2.64. The number of hydrogen-bond acceptors (Lipinski definition) is 5. The number of benzene rings is 2. The maximum atomic E-state index is 12.5. The van der Waals surface area contributed by atoms with E-state index in [4.69, 9.17) is 25.8 Å². The third kappa shape index (κ3) is 5.05. The minimum atomic E-state index is -0.101. The second-order valence-electron chi connectivity index (χ2n) is 6.69. The van der Waals surface area contributed by atoms with E-state index >= 15 is 0 Å². The average molecular weight is 420 g/mol. The molecule has 0 saturated carbocycles. The van der Waals surface area contributed by atoms with Crippen molar-refractivity contribution in [1.29, 1.82) is 0 Å². The van der Waals surface area contributed by atoms with Gasteiger partial charge in [-0.1, -0.05) is 17.7 Å². The zero-order valence-corrected chi connectivity index (χ0v) is 17.7. The van der Waals surface area contributed by atoms with Gasteiger partial charge in [0, 0.05) is 49.0 Å². The number of piperazine rings is 1. The fourth-order valence-electron chi connectivity index (χ4n) is 3.37. The number of hydrogen-bond donors (Lipinski definition) is 1. The number of nitrogens with zero attached hydrogens (tertiary/aromatic N) is 2. The van der Waals surface area contributed by atoms with Gasteiger partial charge in [-0.25, -0.2) is 4.79 Å². The number of ether oxygens (including phenoxy) is 3. The fraction of sp³-hybridized carbons (Fsp3) is 0.381. The molecule has 0 bridgehead atoms. The summed E-state index contributed by atoms with van der Waals surface area (Å²) in [6.07, 6.45) is 0. The van der Waals surface area contributed by atoms with Crippen LogP contribution in [0.5, 0.6) is 17.2 Å². The van der Waals surface area contributed by atoms with E-state index < -0.39 is 0 Å². The third-order valence-corrected chi connectivity index (χ3v) is 5.19. The molecule has 0 unspecified atom stereocenters. The van der Waals surface area contributed by atoms with E-state index in [9.17, 15) is 4.79 Å². The molecule has 1 N–H and O–H groups in total. The monoisotopic (exact) mass is 419 g/mol. The maximum absolute atomic E-state index is 12.5. The second kappa shape index (κ2) is 9.71. The highest BCUT2D eigenvalue weighted by Gasteiger charge is 2.23. The van der Waals surface area contributed by atoms with Gasteiger partial charge in [0.1, 0.15) is 0 Å². The SMILES string of the molecule is COc1ccc(CN2CCN(C(=O)Nc3ccc(Cl)cc3)CC2)c(OC)c1OC. The summed E-state index contributed by atoms with van der Waals surface area (Å²) in [4.78, 5) is 16.6. The Labute approximate surface area is 176 Å². The van der Waals surface area contributed by atoms with Gasteiger partial charge in [0.2, 0.25) is 5.75 Å². The molecule has 1 aliphatic heterocycles. The van der Waals surface area contributed by atoms with Gasteiger partial charge in [0.25, 0.3) is 0 Å². The number of rotatable bonds is 6. The highest BCUT2D eigenvalue weighted by atomic mass is 35.5. The van der Waals surface area contributed by atoms with Crippen molar-refractivity contribution >= 4 is 23.3 Å². The predicted octanol–water partition coefficient (Wildman–Crippen LogP) is 3.72. The number of methoxy groups -OCH3 is 3. The number of carbonyl (C=O) groups is 1. The molecule has 0 radical (unpaired) electrons. The number of anilines is 1. The Morgan fingerprint density at radius 3 is 2.17 bits per heavy atom. The highest BCUT2D eigenvalue weighted by molar-refractivity contribution is 6.30. The number of urea groups is 1. The van der Waals surface area contributed by atoms with Gasteiger partial charge in [-0.2, -0.15) is 0 Å². The molecule has 2 aromatic carbocycles. The summed E-state index contributed by atoms with van der Waals surface area (Å²) in [6.45, 7) is 3.54. The zero-order valence-electron chi connectivity index (χ0n) is 16.9. The first-order chi connectivity index (χ1) is 14.0. The Morgan fingerprint density at radius 2 is 1.59 bits per heavy atom. The molecule has 0 aliphatic carbocycles. The van der Waals surface area contributed by atoms with Gasteiger partial charge in [0.15, 0.2) is 11.5 Å². The Kier molecular flexibility index (Phi) is 7.06. The molecular weight excluding hydrogens is 394 g/mol. The first-order valence-corrected chi connectivity index (χ1v) is 9.75. The quantitative estimate of drug-likeness (QED) is 0.773. The second-order valence-corrected chi connectivity index (χ2v) is 7.13. The minimum Gasteiger partial charge on any atom is -0.493 e. The zero-order chi connectivity index (χ0) is 20.8. The number of amides is 2. The van der Waals surface area contributed by atoms with Crippen LogP contribution in [0, 0.1) is 0 Å². The molecule has 7 nitrogen and oxygen atoms in total. The van der Waals surface area contributed by atoms with Crippen LogP contribution in [0.3, 0.4) is 0 Å². The lowest BCUT2D eigenvalue weighted by Gasteiger charge is -2.35. The van der Waals surface area contributed by atoms with E-state index in [1.807, 2.05) is 17.0 Å². The van der Waals surface area contributed by atoms with Gasteiger partial charge in [-0.15, -0.1) is 0 Å². The van der Waals surface area contributed by atoms with Crippen LogP contribution in [0.1, 0.15) is 5.56 Å². The van der Waals surface area contributed by atoms with Crippen molar-refractivity contribution in [3.63, 3.8) is 0 Å². The number of carbonyl (C=O) groups excluding carboxylic acids is 1. The third-order valence-electron chi connectivity index (χ3n) is 4.93. The van der Waals surface area contributed by atoms with Gasteiger partial charge in [-0.05, 0) is 30.3 Å². The topological polar surface area (TPSA) is 63.3 Å². The summed E-state index contributed by atoms with van der Waals surface area (Å²) in [7, 11) is 4.83. The van der Waals surface area contributed by atoms with Crippen molar-refractivity contribution in [3.05, 3.63) is 47.0 Å². The lowest BCUT2D eigenvalue weighted by molar-refractivity contribution is 0.142. The number of nitrogens with one attached hydrogen (secondary N) is 1. The Bertz CT molecular complexity index is 837. The van der Waals surface area contributed by atoms with E-state index in [0.717, 1.165) is 24.3 Å². The summed E-state index contributed by atoms with van der Waals surface area (Å²) in [5.41, 5.74) is 1.75. The van der Waals surface area contributed by atoms with Crippen molar-refractivity contribution in [3.8, 4) is 17.2 Å².